The molecule has 1 aromatic carbocycles. The summed E-state index contributed by atoms with van der Waals surface area (Å²) in [5.74, 6) is 0.633. The lowest BCUT2D eigenvalue weighted by Crippen LogP contribution is -2.29. The van der Waals surface area contributed by atoms with Crippen molar-refractivity contribution in [2.75, 3.05) is 13.1 Å². The predicted octanol–water partition coefficient (Wildman–Crippen LogP) is 2.15. The summed E-state index contributed by atoms with van der Waals surface area (Å²) in [6, 6.07) is 10.3. The van der Waals surface area contributed by atoms with E-state index in [9.17, 15) is 0 Å². The molecule has 18 heavy (non-hydrogen) atoms. The summed E-state index contributed by atoms with van der Waals surface area (Å²) in [6.45, 7) is 5.29. The van der Waals surface area contributed by atoms with Crippen molar-refractivity contribution in [3.63, 3.8) is 0 Å². The first kappa shape index (κ1) is 15.0. The molecule has 1 heterocycles. The highest BCUT2D eigenvalue weighted by atomic mass is 35.5. The zero-order chi connectivity index (χ0) is 12.3. The van der Waals surface area contributed by atoms with Gasteiger partial charge in [-0.3, -0.25) is 4.90 Å². The van der Waals surface area contributed by atoms with Gasteiger partial charge < -0.3 is 5.73 Å². The number of halogens is 1. The van der Waals surface area contributed by atoms with Crippen LogP contribution in [0.5, 0.6) is 0 Å². The van der Waals surface area contributed by atoms with Crippen molar-refractivity contribution >= 4 is 12.4 Å². The van der Waals surface area contributed by atoms with E-state index in [1.807, 2.05) is 24.3 Å². The minimum Gasteiger partial charge on any atom is -0.328 e. The number of rotatable bonds is 3. The van der Waals surface area contributed by atoms with Gasteiger partial charge in [-0.25, -0.2) is 0 Å². The van der Waals surface area contributed by atoms with Gasteiger partial charge >= 0.3 is 0 Å². The molecular weight excluding hydrogens is 246 g/mol. The van der Waals surface area contributed by atoms with Crippen molar-refractivity contribution in [1.29, 1.82) is 5.26 Å². The first-order chi connectivity index (χ1) is 8.19. The van der Waals surface area contributed by atoms with Crippen LogP contribution in [0.4, 0.5) is 0 Å². The summed E-state index contributed by atoms with van der Waals surface area (Å²) in [5.41, 5.74) is 7.93. The van der Waals surface area contributed by atoms with Crippen LogP contribution < -0.4 is 5.73 Å². The maximum Gasteiger partial charge on any atom is 0.0991 e. The number of likely N-dealkylation sites (tertiary alicyclic amines) is 1. The minimum atomic E-state index is 0. The molecular formula is C14H20ClN3. The first-order valence-corrected chi connectivity index (χ1v) is 6.16. The molecule has 1 fully saturated rings. The van der Waals surface area contributed by atoms with Gasteiger partial charge in [0.2, 0.25) is 0 Å². The number of nitrogens with two attached hydrogens (primary N) is 1. The van der Waals surface area contributed by atoms with Gasteiger partial charge in [0.05, 0.1) is 11.6 Å². The zero-order valence-electron chi connectivity index (χ0n) is 10.7. The van der Waals surface area contributed by atoms with Gasteiger partial charge in [-0.1, -0.05) is 12.1 Å². The molecule has 0 aliphatic carbocycles. The average molecular weight is 266 g/mol. The van der Waals surface area contributed by atoms with Crippen LogP contribution in [0, 0.1) is 17.2 Å². The van der Waals surface area contributed by atoms with E-state index in [-0.39, 0.29) is 12.4 Å². The largest absolute Gasteiger partial charge is 0.328 e. The van der Waals surface area contributed by atoms with E-state index in [1.54, 1.807) is 0 Å². The SMILES string of the molecule is CC(N)C1CCN(Cc2ccc(C#N)cc2)C1.Cl. The highest BCUT2D eigenvalue weighted by Gasteiger charge is 2.24. The van der Waals surface area contributed by atoms with E-state index in [4.69, 9.17) is 11.0 Å². The summed E-state index contributed by atoms with van der Waals surface area (Å²) in [7, 11) is 0. The molecule has 2 N–H and O–H groups in total. The van der Waals surface area contributed by atoms with Crippen LogP contribution >= 0.6 is 12.4 Å². The molecule has 1 saturated heterocycles. The summed E-state index contributed by atoms with van der Waals surface area (Å²) in [6.07, 6.45) is 1.20. The molecule has 1 aromatic rings. The van der Waals surface area contributed by atoms with Gasteiger partial charge in [-0.15, -0.1) is 12.4 Å². The fraction of sp³-hybridized carbons (Fsp3) is 0.500. The third-order valence-electron chi connectivity index (χ3n) is 3.54. The van der Waals surface area contributed by atoms with Gasteiger partial charge in [-0.2, -0.15) is 5.26 Å². The summed E-state index contributed by atoms with van der Waals surface area (Å²) in [5, 5.41) is 8.73. The lowest BCUT2D eigenvalue weighted by atomic mass is 10.0. The highest BCUT2D eigenvalue weighted by Crippen LogP contribution is 2.20. The smallest absolute Gasteiger partial charge is 0.0991 e. The van der Waals surface area contributed by atoms with E-state index in [1.165, 1.54) is 12.0 Å². The Morgan fingerprint density at radius 1 is 1.44 bits per heavy atom. The molecule has 3 nitrogen and oxygen atoms in total. The van der Waals surface area contributed by atoms with Crippen LogP contribution in [-0.4, -0.2) is 24.0 Å². The third kappa shape index (κ3) is 3.71. The van der Waals surface area contributed by atoms with E-state index < -0.39 is 0 Å². The molecule has 2 atom stereocenters. The van der Waals surface area contributed by atoms with Gasteiger partial charge in [0, 0.05) is 19.1 Å². The molecule has 2 rings (SSSR count). The summed E-state index contributed by atoms with van der Waals surface area (Å²) >= 11 is 0. The molecule has 98 valence electrons. The average Bonchev–Trinajstić information content (AvgIpc) is 2.79. The molecule has 1 aliphatic rings. The Labute approximate surface area is 115 Å². The van der Waals surface area contributed by atoms with Crippen molar-refractivity contribution < 1.29 is 0 Å². The number of nitriles is 1. The molecule has 0 saturated carbocycles. The Morgan fingerprint density at radius 2 is 2.11 bits per heavy atom. The molecule has 0 spiro atoms. The van der Waals surface area contributed by atoms with E-state index in [2.05, 4.69) is 17.9 Å². The monoisotopic (exact) mass is 265 g/mol. The standard InChI is InChI=1S/C14H19N3.ClH/c1-11(16)14-6-7-17(10-14)9-13-4-2-12(8-15)3-5-13;/h2-5,11,14H,6-7,9-10,16H2,1H3;1H. The first-order valence-electron chi connectivity index (χ1n) is 6.16. The Bertz CT molecular complexity index is 408. The zero-order valence-corrected chi connectivity index (χ0v) is 11.5. The molecule has 1 aliphatic heterocycles. The molecule has 4 heteroatoms. The van der Waals surface area contributed by atoms with E-state index >= 15 is 0 Å². The van der Waals surface area contributed by atoms with Crippen molar-refractivity contribution in [3.05, 3.63) is 35.4 Å². The van der Waals surface area contributed by atoms with Gasteiger partial charge in [-0.05, 0) is 43.5 Å². The Kier molecular flexibility index (Phi) is 5.61. The van der Waals surface area contributed by atoms with Crippen molar-refractivity contribution in [2.24, 2.45) is 11.7 Å². The predicted molar refractivity (Wildman–Crippen MR) is 75.4 cm³/mol. The van der Waals surface area contributed by atoms with Gasteiger partial charge in [0.1, 0.15) is 0 Å². The number of nitrogens with zero attached hydrogens (tertiary/aromatic N) is 2. The van der Waals surface area contributed by atoms with Crippen LogP contribution in [0.1, 0.15) is 24.5 Å². The highest BCUT2D eigenvalue weighted by molar-refractivity contribution is 5.85. The second-order valence-electron chi connectivity index (χ2n) is 4.95. The van der Waals surface area contributed by atoms with Crippen LogP contribution in [0.25, 0.3) is 0 Å². The quantitative estimate of drug-likeness (QED) is 0.911. The third-order valence-corrected chi connectivity index (χ3v) is 3.54. The lowest BCUT2D eigenvalue weighted by Gasteiger charge is -2.17. The number of benzene rings is 1. The molecule has 0 aromatic heterocycles. The summed E-state index contributed by atoms with van der Waals surface area (Å²) < 4.78 is 0. The Morgan fingerprint density at radius 3 is 2.61 bits per heavy atom. The van der Waals surface area contributed by atoms with Crippen molar-refractivity contribution in [1.82, 2.24) is 4.90 Å². The van der Waals surface area contributed by atoms with Crippen LogP contribution in [-0.2, 0) is 6.54 Å². The molecule has 0 bridgehead atoms. The van der Waals surface area contributed by atoms with Crippen molar-refractivity contribution in [3.8, 4) is 6.07 Å². The van der Waals surface area contributed by atoms with Gasteiger partial charge in [0.25, 0.3) is 0 Å². The van der Waals surface area contributed by atoms with Crippen LogP contribution in [0.15, 0.2) is 24.3 Å². The lowest BCUT2D eigenvalue weighted by molar-refractivity contribution is 0.308. The number of hydrogen-bond donors (Lipinski definition) is 1. The second-order valence-corrected chi connectivity index (χ2v) is 4.95. The Hall–Kier alpha value is -1.08. The maximum atomic E-state index is 8.73. The van der Waals surface area contributed by atoms with E-state index in [0.717, 1.165) is 25.2 Å². The fourth-order valence-corrected chi connectivity index (χ4v) is 2.38. The molecule has 0 radical (unpaired) electrons. The Balaban J connectivity index is 0.00000162. The second kappa shape index (κ2) is 6.75. The topological polar surface area (TPSA) is 53.0 Å². The van der Waals surface area contributed by atoms with Gasteiger partial charge in [0.15, 0.2) is 0 Å². The van der Waals surface area contributed by atoms with E-state index in [0.29, 0.717) is 12.0 Å². The maximum absolute atomic E-state index is 8.73. The molecule has 2 unspecified atom stereocenters. The normalized spacial score (nSPS) is 21.1. The van der Waals surface area contributed by atoms with Crippen molar-refractivity contribution in [2.45, 2.75) is 25.9 Å². The fourth-order valence-electron chi connectivity index (χ4n) is 2.38. The molecule has 0 amide bonds. The summed E-state index contributed by atoms with van der Waals surface area (Å²) in [4.78, 5) is 2.44. The van der Waals surface area contributed by atoms with Crippen LogP contribution in [0.3, 0.4) is 0 Å². The minimum absolute atomic E-state index is 0. The number of hydrogen-bond acceptors (Lipinski definition) is 3. The van der Waals surface area contributed by atoms with Crippen LogP contribution in [0.2, 0.25) is 0 Å².